The molecule has 0 aromatic rings. The van der Waals surface area contributed by atoms with Gasteiger partial charge in [-0.15, -0.1) is 0 Å². The zero-order valence-corrected chi connectivity index (χ0v) is 5.46. The highest BCUT2D eigenvalue weighted by Gasteiger charge is 2.03. The van der Waals surface area contributed by atoms with Crippen molar-refractivity contribution in [3.05, 3.63) is 12.4 Å². The van der Waals surface area contributed by atoms with Gasteiger partial charge < -0.3 is 9.80 Å². The maximum atomic E-state index is 2.25. The van der Waals surface area contributed by atoms with E-state index in [1.807, 2.05) is 0 Å². The molecule has 0 aromatic heterocycles. The second kappa shape index (κ2) is 3.81. The molecule has 52 valence electrons. The Labute approximate surface area is 67.3 Å². The van der Waals surface area contributed by atoms with E-state index in [4.69, 9.17) is 0 Å². The number of hydrogen-bond acceptors (Lipinski definition) is 2. The molecule has 9 heavy (non-hydrogen) atoms. The van der Waals surface area contributed by atoms with Crippen molar-refractivity contribution < 1.29 is 0 Å². The summed E-state index contributed by atoms with van der Waals surface area (Å²) >= 11 is 0. The highest BCUT2D eigenvalue weighted by atomic mass is 27.0. The van der Waals surface area contributed by atoms with E-state index in [1.165, 1.54) is 0 Å². The van der Waals surface area contributed by atoms with Gasteiger partial charge in [0.2, 0.25) is 0 Å². The van der Waals surface area contributed by atoms with E-state index in [0.29, 0.717) is 0 Å². The van der Waals surface area contributed by atoms with Gasteiger partial charge in [-0.2, -0.15) is 0 Å². The summed E-state index contributed by atoms with van der Waals surface area (Å²) in [5, 5.41) is 0. The van der Waals surface area contributed by atoms with Crippen LogP contribution in [0.5, 0.6) is 0 Å². The van der Waals surface area contributed by atoms with E-state index in [9.17, 15) is 0 Å². The molecule has 0 fully saturated rings. The van der Waals surface area contributed by atoms with Gasteiger partial charge in [0.15, 0.2) is 17.4 Å². The van der Waals surface area contributed by atoms with Crippen molar-refractivity contribution in [2.45, 2.75) is 6.92 Å². The third kappa shape index (κ3) is 2.30. The van der Waals surface area contributed by atoms with Crippen LogP contribution >= 0.6 is 0 Å². The Morgan fingerprint density at radius 3 is 2.33 bits per heavy atom. The molecule has 1 heterocycles. The molecular formula is C6H15AlN2. The lowest BCUT2D eigenvalue weighted by molar-refractivity contribution is 0.308. The van der Waals surface area contributed by atoms with Crippen LogP contribution in [-0.4, -0.2) is 47.4 Å². The van der Waals surface area contributed by atoms with Gasteiger partial charge in [0, 0.05) is 26.0 Å². The molecule has 0 N–H and O–H groups in total. The van der Waals surface area contributed by atoms with Crippen LogP contribution in [0.25, 0.3) is 0 Å². The molecule has 0 spiro atoms. The smallest absolute Gasteiger partial charge is 0.187 e. The second-order valence-electron chi connectivity index (χ2n) is 2.10. The molecule has 0 saturated heterocycles. The Kier molecular flexibility index (Phi) is 3.76. The van der Waals surface area contributed by atoms with Gasteiger partial charge in [0.1, 0.15) is 0 Å². The van der Waals surface area contributed by atoms with Gasteiger partial charge >= 0.3 is 0 Å². The van der Waals surface area contributed by atoms with E-state index in [1.54, 1.807) is 0 Å². The average molecular weight is 142 g/mol. The largest absolute Gasteiger partial charge is 0.362 e. The topological polar surface area (TPSA) is 6.48 Å². The predicted octanol–water partition coefficient (Wildman–Crippen LogP) is -0.501. The SMILES string of the molecule is CCN1C=CN(C)C1.[AlH3]. The Bertz CT molecular complexity index is 103. The second-order valence-corrected chi connectivity index (χ2v) is 2.10. The lowest BCUT2D eigenvalue weighted by Gasteiger charge is -2.14. The first-order valence-electron chi connectivity index (χ1n) is 2.95. The standard InChI is InChI=1S/C6H12N2.Al.3H/c1-3-8-5-4-7(2)6-8;;;;/h4-5H,3,6H2,1-2H3;;;;. The van der Waals surface area contributed by atoms with Crippen LogP contribution in [0.2, 0.25) is 0 Å². The van der Waals surface area contributed by atoms with Gasteiger partial charge in [-0.25, -0.2) is 0 Å². The van der Waals surface area contributed by atoms with Crippen molar-refractivity contribution >= 4 is 17.4 Å². The summed E-state index contributed by atoms with van der Waals surface area (Å²) in [7, 11) is 2.08. The van der Waals surface area contributed by atoms with Crippen molar-refractivity contribution in [2.24, 2.45) is 0 Å². The van der Waals surface area contributed by atoms with Crippen molar-refractivity contribution in [3.63, 3.8) is 0 Å². The first kappa shape index (κ1) is 8.87. The van der Waals surface area contributed by atoms with Crippen molar-refractivity contribution in [2.75, 3.05) is 20.3 Å². The molecule has 0 radical (unpaired) electrons. The van der Waals surface area contributed by atoms with E-state index < -0.39 is 0 Å². The maximum absolute atomic E-state index is 2.25. The number of rotatable bonds is 1. The van der Waals surface area contributed by atoms with Crippen LogP contribution in [-0.2, 0) is 0 Å². The van der Waals surface area contributed by atoms with Crippen molar-refractivity contribution in [3.8, 4) is 0 Å². The van der Waals surface area contributed by atoms with E-state index >= 15 is 0 Å². The first-order valence-corrected chi connectivity index (χ1v) is 2.95. The molecule has 0 saturated carbocycles. The number of hydrogen-bond donors (Lipinski definition) is 0. The highest BCUT2D eigenvalue weighted by molar-refractivity contribution is 5.75. The summed E-state index contributed by atoms with van der Waals surface area (Å²) in [4.78, 5) is 4.41. The fourth-order valence-electron chi connectivity index (χ4n) is 0.794. The quantitative estimate of drug-likeness (QED) is 0.455. The summed E-state index contributed by atoms with van der Waals surface area (Å²) < 4.78 is 0. The molecule has 0 unspecified atom stereocenters. The third-order valence-electron chi connectivity index (χ3n) is 1.34. The summed E-state index contributed by atoms with van der Waals surface area (Å²) in [5.74, 6) is 0. The van der Waals surface area contributed by atoms with E-state index in [-0.39, 0.29) is 17.4 Å². The average Bonchev–Trinajstić information content (AvgIpc) is 2.14. The Morgan fingerprint density at radius 1 is 1.44 bits per heavy atom. The minimum absolute atomic E-state index is 0. The van der Waals surface area contributed by atoms with Gasteiger partial charge in [-0.05, 0) is 6.92 Å². The maximum Gasteiger partial charge on any atom is 0.187 e. The zero-order valence-electron chi connectivity index (χ0n) is 5.46. The van der Waals surface area contributed by atoms with Gasteiger partial charge in [0.25, 0.3) is 0 Å². The lowest BCUT2D eigenvalue weighted by atomic mass is 10.6. The molecule has 1 aliphatic rings. The molecule has 2 nitrogen and oxygen atoms in total. The fraction of sp³-hybridized carbons (Fsp3) is 0.667. The Hall–Kier alpha value is -0.128. The molecule has 0 aliphatic carbocycles. The number of nitrogens with zero attached hydrogens (tertiary/aromatic N) is 2. The van der Waals surface area contributed by atoms with Crippen LogP contribution in [0.4, 0.5) is 0 Å². The molecule has 0 aromatic carbocycles. The zero-order chi connectivity index (χ0) is 5.98. The molecule has 0 bridgehead atoms. The van der Waals surface area contributed by atoms with E-state index in [2.05, 4.69) is 36.2 Å². The molecule has 3 heteroatoms. The molecule has 0 atom stereocenters. The monoisotopic (exact) mass is 142 g/mol. The fourth-order valence-corrected chi connectivity index (χ4v) is 0.794. The molecule has 1 aliphatic heterocycles. The molecular weight excluding hydrogens is 127 g/mol. The summed E-state index contributed by atoms with van der Waals surface area (Å²) in [6.45, 7) is 4.32. The van der Waals surface area contributed by atoms with Crippen molar-refractivity contribution in [1.82, 2.24) is 9.80 Å². The molecule has 1 rings (SSSR count). The van der Waals surface area contributed by atoms with Crippen LogP contribution < -0.4 is 0 Å². The highest BCUT2D eigenvalue weighted by Crippen LogP contribution is 2.00. The lowest BCUT2D eigenvalue weighted by Crippen LogP contribution is -2.21. The Morgan fingerprint density at radius 2 is 2.11 bits per heavy atom. The van der Waals surface area contributed by atoms with Crippen LogP contribution in [0.15, 0.2) is 12.4 Å². The van der Waals surface area contributed by atoms with Gasteiger partial charge in [-0.3, -0.25) is 0 Å². The van der Waals surface area contributed by atoms with Gasteiger partial charge in [-0.1, -0.05) is 0 Å². The van der Waals surface area contributed by atoms with Crippen LogP contribution in [0, 0.1) is 0 Å². The van der Waals surface area contributed by atoms with Gasteiger partial charge in [0.05, 0.1) is 6.67 Å². The van der Waals surface area contributed by atoms with Crippen LogP contribution in [0.3, 0.4) is 0 Å². The minimum Gasteiger partial charge on any atom is -0.362 e. The van der Waals surface area contributed by atoms with E-state index in [0.717, 1.165) is 13.2 Å². The predicted molar refractivity (Wildman–Crippen MR) is 44.1 cm³/mol. The summed E-state index contributed by atoms with van der Waals surface area (Å²) in [5.41, 5.74) is 0. The first-order chi connectivity index (χ1) is 3.83. The normalized spacial score (nSPS) is 16.2. The van der Waals surface area contributed by atoms with Crippen LogP contribution in [0.1, 0.15) is 6.92 Å². The summed E-state index contributed by atoms with van der Waals surface area (Å²) in [6, 6.07) is 0. The Balaban J connectivity index is 0.000000640. The summed E-state index contributed by atoms with van der Waals surface area (Å²) in [6.07, 6.45) is 4.20. The molecule has 0 amide bonds. The van der Waals surface area contributed by atoms with Crippen molar-refractivity contribution in [1.29, 1.82) is 0 Å². The minimum atomic E-state index is 0. The third-order valence-corrected chi connectivity index (χ3v) is 1.34.